The molecule has 1 heterocycles. The number of aryl methyl sites for hydroxylation is 1. The highest BCUT2D eigenvalue weighted by atomic mass is 16.5. The smallest absolute Gasteiger partial charge is 0.128 e. The van der Waals surface area contributed by atoms with Crippen molar-refractivity contribution < 1.29 is 9.47 Å². The van der Waals surface area contributed by atoms with Gasteiger partial charge in [-0.3, -0.25) is 4.98 Å². The Morgan fingerprint density at radius 1 is 1.32 bits per heavy atom. The quantitative estimate of drug-likeness (QED) is 0.859. The highest BCUT2D eigenvalue weighted by Crippen LogP contribution is 2.25. The van der Waals surface area contributed by atoms with Crippen LogP contribution in [0.25, 0.3) is 0 Å². The third kappa shape index (κ3) is 4.18. The SMILES string of the molecule is COc1c(C)cnc(CC(N)CC(C)(C)OC)c1C. The number of hydrogen-bond donors (Lipinski definition) is 1. The van der Waals surface area contributed by atoms with Gasteiger partial charge in [-0.15, -0.1) is 0 Å². The second kappa shape index (κ2) is 6.35. The van der Waals surface area contributed by atoms with Crippen LogP contribution in [-0.4, -0.2) is 30.8 Å². The fourth-order valence-electron chi connectivity index (χ4n) is 2.31. The van der Waals surface area contributed by atoms with E-state index in [4.69, 9.17) is 15.2 Å². The number of aromatic nitrogens is 1. The minimum Gasteiger partial charge on any atom is -0.496 e. The molecule has 0 amide bonds. The molecule has 0 spiro atoms. The summed E-state index contributed by atoms with van der Waals surface area (Å²) in [5.41, 5.74) is 9.13. The van der Waals surface area contributed by atoms with Crippen LogP contribution in [0.4, 0.5) is 0 Å². The van der Waals surface area contributed by atoms with E-state index >= 15 is 0 Å². The average molecular weight is 266 g/mol. The number of ether oxygens (including phenoxy) is 2. The van der Waals surface area contributed by atoms with E-state index in [0.717, 1.165) is 35.4 Å². The standard InChI is InChI=1S/C15H26N2O2/c1-10-9-17-13(11(2)14(10)18-5)7-12(16)8-15(3,4)19-6/h9,12H,7-8,16H2,1-6H3. The van der Waals surface area contributed by atoms with Gasteiger partial charge in [0.15, 0.2) is 0 Å². The Bertz CT molecular complexity index is 430. The lowest BCUT2D eigenvalue weighted by atomic mass is 9.95. The summed E-state index contributed by atoms with van der Waals surface area (Å²) in [6.07, 6.45) is 3.37. The molecule has 0 aliphatic rings. The average Bonchev–Trinajstić information content (AvgIpc) is 2.33. The number of nitrogens with zero attached hydrogens (tertiary/aromatic N) is 1. The van der Waals surface area contributed by atoms with E-state index in [1.807, 2.05) is 33.9 Å². The van der Waals surface area contributed by atoms with Gasteiger partial charge in [-0.25, -0.2) is 0 Å². The minimum atomic E-state index is -0.206. The van der Waals surface area contributed by atoms with Gasteiger partial charge in [0.1, 0.15) is 5.75 Å². The number of pyridine rings is 1. The molecule has 2 N–H and O–H groups in total. The molecule has 0 fully saturated rings. The van der Waals surface area contributed by atoms with Crippen LogP contribution in [0.1, 0.15) is 37.1 Å². The van der Waals surface area contributed by atoms with E-state index < -0.39 is 0 Å². The Labute approximate surface area is 116 Å². The van der Waals surface area contributed by atoms with E-state index in [1.54, 1.807) is 14.2 Å². The summed E-state index contributed by atoms with van der Waals surface area (Å²) in [6, 6.07) is 0.0218. The maximum absolute atomic E-state index is 6.21. The molecule has 1 atom stereocenters. The van der Waals surface area contributed by atoms with Crippen LogP contribution in [0.5, 0.6) is 5.75 Å². The lowest BCUT2D eigenvalue weighted by Gasteiger charge is -2.26. The van der Waals surface area contributed by atoms with Crippen molar-refractivity contribution in [2.24, 2.45) is 5.73 Å². The summed E-state index contributed by atoms with van der Waals surface area (Å²) >= 11 is 0. The molecule has 0 saturated carbocycles. The minimum absolute atomic E-state index is 0.0218. The topological polar surface area (TPSA) is 57.4 Å². The first-order valence-electron chi connectivity index (χ1n) is 6.60. The molecule has 0 aliphatic heterocycles. The molecule has 1 aromatic rings. The number of methoxy groups -OCH3 is 2. The third-order valence-corrected chi connectivity index (χ3v) is 3.51. The zero-order chi connectivity index (χ0) is 14.6. The van der Waals surface area contributed by atoms with Gasteiger partial charge in [-0.1, -0.05) is 0 Å². The molecule has 0 saturated heterocycles. The summed E-state index contributed by atoms with van der Waals surface area (Å²) in [5.74, 6) is 0.906. The second-order valence-corrected chi connectivity index (χ2v) is 5.68. The van der Waals surface area contributed by atoms with E-state index in [-0.39, 0.29) is 11.6 Å². The van der Waals surface area contributed by atoms with Gasteiger partial charge in [-0.2, -0.15) is 0 Å². The fraction of sp³-hybridized carbons (Fsp3) is 0.667. The van der Waals surface area contributed by atoms with Crippen LogP contribution in [0.15, 0.2) is 6.20 Å². The first-order chi connectivity index (χ1) is 8.80. The molecule has 1 unspecified atom stereocenters. The Morgan fingerprint density at radius 2 is 1.95 bits per heavy atom. The van der Waals surface area contributed by atoms with Crippen molar-refractivity contribution in [1.29, 1.82) is 0 Å². The van der Waals surface area contributed by atoms with Gasteiger partial charge in [0.05, 0.1) is 12.7 Å². The first kappa shape index (κ1) is 15.9. The zero-order valence-corrected chi connectivity index (χ0v) is 12.9. The van der Waals surface area contributed by atoms with Gasteiger partial charge in [-0.05, 0) is 34.1 Å². The fourth-order valence-corrected chi connectivity index (χ4v) is 2.31. The molecule has 4 heteroatoms. The Kier molecular flexibility index (Phi) is 5.32. The number of rotatable bonds is 6. The van der Waals surface area contributed by atoms with Gasteiger partial charge in [0, 0.05) is 42.6 Å². The van der Waals surface area contributed by atoms with Crippen LogP contribution in [-0.2, 0) is 11.2 Å². The van der Waals surface area contributed by atoms with E-state index in [2.05, 4.69) is 4.98 Å². The Morgan fingerprint density at radius 3 is 2.47 bits per heavy atom. The van der Waals surface area contributed by atoms with Crippen LogP contribution < -0.4 is 10.5 Å². The van der Waals surface area contributed by atoms with Gasteiger partial charge >= 0.3 is 0 Å². The van der Waals surface area contributed by atoms with E-state index in [9.17, 15) is 0 Å². The molecule has 1 rings (SSSR count). The Balaban J connectivity index is 2.83. The normalized spacial score (nSPS) is 13.4. The van der Waals surface area contributed by atoms with Crippen LogP contribution >= 0.6 is 0 Å². The highest BCUT2D eigenvalue weighted by Gasteiger charge is 2.22. The van der Waals surface area contributed by atoms with Crippen molar-refractivity contribution in [3.05, 3.63) is 23.0 Å². The molecule has 108 valence electrons. The predicted molar refractivity (Wildman–Crippen MR) is 77.6 cm³/mol. The van der Waals surface area contributed by atoms with Gasteiger partial charge in [0.2, 0.25) is 0 Å². The predicted octanol–water partition coefficient (Wildman–Crippen LogP) is 2.39. The van der Waals surface area contributed by atoms with Crippen molar-refractivity contribution in [2.75, 3.05) is 14.2 Å². The molecule has 0 bridgehead atoms. The summed E-state index contributed by atoms with van der Waals surface area (Å²) in [6.45, 7) is 8.12. The van der Waals surface area contributed by atoms with Crippen molar-refractivity contribution in [3.8, 4) is 5.75 Å². The number of hydrogen-bond acceptors (Lipinski definition) is 4. The number of nitrogens with two attached hydrogens (primary N) is 1. The van der Waals surface area contributed by atoms with Gasteiger partial charge < -0.3 is 15.2 Å². The van der Waals surface area contributed by atoms with E-state index in [0.29, 0.717) is 0 Å². The largest absolute Gasteiger partial charge is 0.496 e. The maximum Gasteiger partial charge on any atom is 0.128 e. The molecule has 0 aromatic carbocycles. The van der Waals surface area contributed by atoms with E-state index in [1.165, 1.54) is 0 Å². The maximum atomic E-state index is 6.21. The third-order valence-electron chi connectivity index (χ3n) is 3.51. The van der Waals surface area contributed by atoms with Crippen molar-refractivity contribution in [3.63, 3.8) is 0 Å². The molecule has 19 heavy (non-hydrogen) atoms. The lowest BCUT2D eigenvalue weighted by Crippen LogP contribution is -2.35. The zero-order valence-electron chi connectivity index (χ0n) is 12.9. The first-order valence-corrected chi connectivity index (χ1v) is 6.60. The second-order valence-electron chi connectivity index (χ2n) is 5.68. The molecular formula is C15H26N2O2. The van der Waals surface area contributed by atoms with Crippen molar-refractivity contribution in [1.82, 2.24) is 4.98 Å². The Hall–Kier alpha value is -1.13. The van der Waals surface area contributed by atoms with Crippen LogP contribution in [0.3, 0.4) is 0 Å². The summed E-state index contributed by atoms with van der Waals surface area (Å²) in [7, 11) is 3.40. The summed E-state index contributed by atoms with van der Waals surface area (Å²) < 4.78 is 10.8. The molecular weight excluding hydrogens is 240 g/mol. The van der Waals surface area contributed by atoms with Crippen LogP contribution in [0, 0.1) is 13.8 Å². The molecule has 4 nitrogen and oxygen atoms in total. The molecule has 1 aromatic heterocycles. The van der Waals surface area contributed by atoms with Crippen molar-refractivity contribution >= 4 is 0 Å². The van der Waals surface area contributed by atoms with Crippen molar-refractivity contribution in [2.45, 2.75) is 52.2 Å². The lowest BCUT2D eigenvalue weighted by molar-refractivity contribution is 0.0101. The highest BCUT2D eigenvalue weighted by molar-refractivity contribution is 5.41. The van der Waals surface area contributed by atoms with Gasteiger partial charge in [0.25, 0.3) is 0 Å². The summed E-state index contributed by atoms with van der Waals surface area (Å²) in [5, 5.41) is 0. The van der Waals surface area contributed by atoms with Crippen LogP contribution in [0.2, 0.25) is 0 Å². The summed E-state index contributed by atoms with van der Waals surface area (Å²) in [4.78, 5) is 4.48. The monoisotopic (exact) mass is 266 g/mol. The molecule has 0 aliphatic carbocycles. The molecule has 0 radical (unpaired) electrons.